The van der Waals surface area contributed by atoms with Gasteiger partial charge in [0.2, 0.25) is 0 Å². The summed E-state index contributed by atoms with van der Waals surface area (Å²) in [6.07, 6.45) is 4.45. The van der Waals surface area contributed by atoms with Crippen LogP contribution in [0.25, 0.3) is 0 Å². The fourth-order valence-corrected chi connectivity index (χ4v) is 3.62. The van der Waals surface area contributed by atoms with E-state index in [0.29, 0.717) is 5.02 Å². The van der Waals surface area contributed by atoms with Crippen LogP contribution in [0, 0.1) is 5.92 Å². The molecule has 0 aliphatic heterocycles. The lowest BCUT2D eigenvalue weighted by Gasteiger charge is -2.25. The molecule has 0 bridgehead atoms. The lowest BCUT2D eigenvalue weighted by Crippen LogP contribution is -2.44. The van der Waals surface area contributed by atoms with Gasteiger partial charge in [-0.3, -0.25) is 14.7 Å². The van der Waals surface area contributed by atoms with E-state index in [-0.39, 0.29) is 18.0 Å². The first-order valence-electron chi connectivity index (χ1n) is 8.85. The minimum atomic E-state index is -0.657. The van der Waals surface area contributed by atoms with Crippen LogP contribution in [0.3, 0.4) is 0 Å². The van der Waals surface area contributed by atoms with Crippen LogP contribution in [0.5, 0.6) is 0 Å². The lowest BCUT2D eigenvalue weighted by atomic mass is 9.93. The Kier molecular flexibility index (Phi) is 5.61. The molecule has 2 atom stereocenters. The van der Waals surface area contributed by atoms with Crippen molar-refractivity contribution >= 4 is 23.4 Å². The van der Waals surface area contributed by atoms with Crippen LogP contribution in [0.15, 0.2) is 30.5 Å². The molecule has 0 radical (unpaired) electrons. The second kappa shape index (κ2) is 7.91. The molecule has 6 nitrogen and oxygen atoms in total. The van der Waals surface area contributed by atoms with E-state index in [9.17, 15) is 9.59 Å². The van der Waals surface area contributed by atoms with Crippen molar-refractivity contribution in [1.29, 1.82) is 0 Å². The number of nitrogens with zero attached hydrogens (tertiary/aromatic N) is 1. The Bertz CT molecular complexity index is 802. The summed E-state index contributed by atoms with van der Waals surface area (Å²) in [5.74, 6) is -1.22. The Morgan fingerprint density at radius 2 is 2.04 bits per heavy atom. The molecule has 2 unspecified atom stereocenters. The van der Waals surface area contributed by atoms with Crippen molar-refractivity contribution in [3.8, 4) is 0 Å². The van der Waals surface area contributed by atoms with Crippen LogP contribution in [0.4, 0.5) is 0 Å². The molecule has 138 valence electrons. The van der Waals surface area contributed by atoms with Crippen LogP contribution in [-0.4, -0.2) is 22.0 Å². The molecule has 3 N–H and O–H groups in total. The Hall–Kier alpha value is -2.34. The van der Waals surface area contributed by atoms with E-state index in [4.69, 9.17) is 11.6 Å². The second-order valence-corrected chi connectivity index (χ2v) is 7.35. The number of aromatic nitrogens is 2. The first-order valence-corrected chi connectivity index (χ1v) is 9.23. The van der Waals surface area contributed by atoms with Crippen molar-refractivity contribution in [3.05, 3.63) is 52.3 Å². The summed E-state index contributed by atoms with van der Waals surface area (Å²) < 4.78 is 0. The molecule has 1 heterocycles. The molecule has 26 heavy (non-hydrogen) atoms. The molecule has 0 fully saturated rings. The number of benzene rings is 1. The van der Waals surface area contributed by atoms with E-state index in [1.165, 1.54) is 0 Å². The van der Waals surface area contributed by atoms with Gasteiger partial charge >= 0.3 is 11.8 Å². The molecule has 1 aliphatic carbocycles. The zero-order chi connectivity index (χ0) is 18.7. The third-order valence-electron chi connectivity index (χ3n) is 4.74. The van der Waals surface area contributed by atoms with Crippen molar-refractivity contribution in [2.75, 3.05) is 0 Å². The van der Waals surface area contributed by atoms with Crippen LogP contribution >= 0.6 is 11.6 Å². The van der Waals surface area contributed by atoms with Crippen molar-refractivity contribution < 1.29 is 9.59 Å². The molecule has 2 amide bonds. The quantitative estimate of drug-likeness (QED) is 0.719. The predicted octanol–water partition coefficient (Wildman–Crippen LogP) is 3.07. The van der Waals surface area contributed by atoms with E-state index < -0.39 is 11.8 Å². The minimum Gasteiger partial charge on any atom is -0.341 e. The van der Waals surface area contributed by atoms with Gasteiger partial charge in [0, 0.05) is 5.02 Å². The van der Waals surface area contributed by atoms with Gasteiger partial charge in [-0.1, -0.05) is 43.6 Å². The molecule has 0 saturated carbocycles. The maximum absolute atomic E-state index is 12.5. The van der Waals surface area contributed by atoms with Gasteiger partial charge in [-0.15, -0.1) is 0 Å². The summed E-state index contributed by atoms with van der Waals surface area (Å²) in [4.78, 5) is 24.9. The molecule has 3 rings (SSSR count). The highest BCUT2D eigenvalue weighted by Crippen LogP contribution is 2.29. The Morgan fingerprint density at radius 3 is 2.77 bits per heavy atom. The van der Waals surface area contributed by atoms with Gasteiger partial charge in [-0.05, 0) is 42.4 Å². The first-order chi connectivity index (χ1) is 12.5. The predicted molar refractivity (Wildman–Crippen MR) is 99.6 cm³/mol. The molecule has 2 aromatic rings. The average Bonchev–Trinajstić information content (AvgIpc) is 3.09. The van der Waals surface area contributed by atoms with Crippen molar-refractivity contribution in [2.24, 2.45) is 5.92 Å². The number of halogens is 1. The van der Waals surface area contributed by atoms with E-state index >= 15 is 0 Å². The van der Waals surface area contributed by atoms with Gasteiger partial charge in [-0.25, -0.2) is 0 Å². The lowest BCUT2D eigenvalue weighted by molar-refractivity contribution is -0.140. The molecular formula is C19H23ClN4O2. The Morgan fingerprint density at radius 1 is 1.27 bits per heavy atom. The number of rotatable bonds is 4. The number of aromatic amines is 1. The van der Waals surface area contributed by atoms with Crippen LogP contribution in [0.2, 0.25) is 5.02 Å². The molecule has 1 aliphatic rings. The summed E-state index contributed by atoms with van der Waals surface area (Å²) in [6, 6.07) is 6.80. The number of aryl methyl sites for hydroxylation is 1. The van der Waals surface area contributed by atoms with E-state index in [1.54, 1.807) is 12.3 Å². The summed E-state index contributed by atoms with van der Waals surface area (Å²) >= 11 is 6.26. The van der Waals surface area contributed by atoms with Crippen molar-refractivity contribution in [1.82, 2.24) is 20.8 Å². The minimum absolute atomic E-state index is 0.0838. The number of carbonyl (C=O) groups is 2. The largest absolute Gasteiger partial charge is 0.341 e. The number of carbonyl (C=O) groups excluding carboxylic acids is 2. The van der Waals surface area contributed by atoms with Crippen LogP contribution in [0.1, 0.15) is 55.6 Å². The van der Waals surface area contributed by atoms with E-state index in [0.717, 1.165) is 36.1 Å². The number of hydrogen-bond donors (Lipinski definition) is 3. The third kappa shape index (κ3) is 3.90. The summed E-state index contributed by atoms with van der Waals surface area (Å²) in [5.41, 5.74) is 2.79. The fraction of sp³-hybridized carbons (Fsp3) is 0.421. The van der Waals surface area contributed by atoms with Gasteiger partial charge in [0.05, 0.1) is 24.0 Å². The van der Waals surface area contributed by atoms with Gasteiger partial charge in [0.25, 0.3) is 0 Å². The maximum Gasteiger partial charge on any atom is 0.309 e. The molecule has 7 heteroatoms. The Balaban J connectivity index is 1.69. The highest BCUT2D eigenvalue weighted by atomic mass is 35.5. The van der Waals surface area contributed by atoms with Crippen molar-refractivity contribution in [2.45, 2.75) is 45.2 Å². The molecule has 0 spiro atoms. The number of hydrogen-bond acceptors (Lipinski definition) is 3. The SMILES string of the molecule is CC(C)C(NC(=O)C(=O)NC1CCCc2cn[nH]c21)c1ccccc1Cl. The number of fused-ring (bicyclic) bond motifs is 1. The summed E-state index contributed by atoms with van der Waals surface area (Å²) in [5, 5.41) is 13.2. The summed E-state index contributed by atoms with van der Waals surface area (Å²) in [7, 11) is 0. The zero-order valence-corrected chi connectivity index (χ0v) is 15.6. The molecular weight excluding hydrogens is 352 g/mol. The van der Waals surface area contributed by atoms with E-state index in [1.807, 2.05) is 32.0 Å². The fourth-order valence-electron chi connectivity index (χ4n) is 3.37. The van der Waals surface area contributed by atoms with Gasteiger partial charge < -0.3 is 10.6 Å². The number of amides is 2. The standard InChI is InChI=1S/C19H23ClN4O2/c1-11(2)16(13-7-3-4-8-14(13)20)23-19(26)18(25)22-15-9-5-6-12-10-21-24-17(12)15/h3-4,7-8,10-11,15-16H,5-6,9H2,1-2H3,(H,21,24)(H,22,25)(H,23,26). The normalized spacial score (nSPS) is 17.5. The Labute approximate surface area is 157 Å². The smallest absolute Gasteiger partial charge is 0.309 e. The van der Waals surface area contributed by atoms with Gasteiger partial charge in [0.15, 0.2) is 0 Å². The number of H-pyrrole nitrogens is 1. The van der Waals surface area contributed by atoms with Crippen molar-refractivity contribution in [3.63, 3.8) is 0 Å². The highest BCUT2D eigenvalue weighted by molar-refractivity contribution is 6.35. The summed E-state index contributed by atoms with van der Waals surface area (Å²) in [6.45, 7) is 3.95. The highest BCUT2D eigenvalue weighted by Gasteiger charge is 2.28. The third-order valence-corrected chi connectivity index (χ3v) is 5.09. The van der Waals surface area contributed by atoms with Crippen LogP contribution < -0.4 is 10.6 Å². The monoisotopic (exact) mass is 374 g/mol. The molecule has 1 aromatic carbocycles. The topological polar surface area (TPSA) is 86.9 Å². The van der Waals surface area contributed by atoms with Crippen LogP contribution in [-0.2, 0) is 16.0 Å². The average molecular weight is 375 g/mol. The first kappa shape index (κ1) is 18.5. The second-order valence-electron chi connectivity index (χ2n) is 6.94. The van der Waals surface area contributed by atoms with E-state index in [2.05, 4.69) is 20.8 Å². The van der Waals surface area contributed by atoms with Gasteiger partial charge in [0.1, 0.15) is 0 Å². The molecule has 1 aromatic heterocycles. The van der Waals surface area contributed by atoms with Gasteiger partial charge in [-0.2, -0.15) is 5.10 Å². The number of nitrogens with one attached hydrogen (secondary N) is 3. The molecule has 0 saturated heterocycles. The maximum atomic E-state index is 12.5. The zero-order valence-electron chi connectivity index (χ0n) is 14.9.